The van der Waals surface area contributed by atoms with Gasteiger partial charge in [-0.25, -0.2) is 4.79 Å². The minimum atomic E-state index is -0.567. The molecule has 1 rings (SSSR count). The standard InChI is InChI=1S/C14H21NO4/c1-10(2)15-8-12(16)9-19-13-6-4-11(5-7-13)14(17)18-3/h4-7,10,12,15-16H,8-9H2,1-3H3. The molecule has 0 saturated heterocycles. The minimum Gasteiger partial charge on any atom is -0.491 e. The lowest BCUT2D eigenvalue weighted by Crippen LogP contribution is -2.35. The van der Waals surface area contributed by atoms with Crippen LogP contribution in [0, 0.1) is 0 Å². The van der Waals surface area contributed by atoms with E-state index >= 15 is 0 Å². The molecule has 19 heavy (non-hydrogen) atoms. The molecule has 0 aliphatic rings. The highest BCUT2D eigenvalue weighted by atomic mass is 16.5. The van der Waals surface area contributed by atoms with Gasteiger partial charge in [-0.05, 0) is 24.3 Å². The summed E-state index contributed by atoms with van der Waals surface area (Å²) in [6.45, 7) is 4.72. The van der Waals surface area contributed by atoms with Gasteiger partial charge in [0.05, 0.1) is 12.7 Å². The number of methoxy groups -OCH3 is 1. The third-order valence-corrected chi connectivity index (χ3v) is 2.48. The maximum atomic E-state index is 11.2. The van der Waals surface area contributed by atoms with Crippen LogP contribution in [0.4, 0.5) is 0 Å². The molecule has 1 aromatic carbocycles. The Bertz CT molecular complexity index is 389. The lowest BCUT2D eigenvalue weighted by atomic mass is 10.2. The molecule has 0 spiro atoms. The van der Waals surface area contributed by atoms with Gasteiger partial charge < -0.3 is 19.9 Å². The second-order valence-electron chi connectivity index (χ2n) is 4.54. The Morgan fingerprint density at radius 1 is 1.32 bits per heavy atom. The third-order valence-electron chi connectivity index (χ3n) is 2.48. The van der Waals surface area contributed by atoms with Gasteiger partial charge in [0, 0.05) is 12.6 Å². The van der Waals surface area contributed by atoms with Crippen molar-refractivity contribution in [3.8, 4) is 5.75 Å². The number of benzene rings is 1. The van der Waals surface area contributed by atoms with Crippen molar-refractivity contribution < 1.29 is 19.4 Å². The first-order valence-corrected chi connectivity index (χ1v) is 6.25. The molecule has 0 bridgehead atoms. The molecule has 1 unspecified atom stereocenters. The number of rotatable bonds is 7. The first kappa shape index (κ1) is 15.5. The molecule has 0 saturated carbocycles. The molecule has 0 radical (unpaired) electrons. The number of carbonyl (C=O) groups is 1. The largest absolute Gasteiger partial charge is 0.491 e. The van der Waals surface area contributed by atoms with Crippen molar-refractivity contribution in [2.75, 3.05) is 20.3 Å². The fraction of sp³-hybridized carbons (Fsp3) is 0.500. The number of carbonyl (C=O) groups excluding carboxylic acids is 1. The summed E-state index contributed by atoms with van der Waals surface area (Å²) >= 11 is 0. The van der Waals surface area contributed by atoms with Crippen LogP contribution in [0.1, 0.15) is 24.2 Å². The number of ether oxygens (including phenoxy) is 2. The molecule has 0 aliphatic heterocycles. The van der Waals surface area contributed by atoms with E-state index in [2.05, 4.69) is 10.1 Å². The van der Waals surface area contributed by atoms with Crippen LogP contribution in [-0.2, 0) is 4.74 Å². The van der Waals surface area contributed by atoms with Crippen LogP contribution in [0.15, 0.2) is 24.3 Å². The van der Waals surface area contributed by atoms with Crippen LogP contribution in [0.25, 0.3) is 0 Å². The molecular formula is C14H21NO4. The van der Waals surface area contributed by atoms with Crippen molar-refractivity contribution in [2.24, 2.45) is 0 Å². The summed E-state index contributed by atoms with van der Waals surface area (Å²) in [5, 5.41) is 12.8. The van der Waals surface area contributed by atoms with E-state index in [1.54, 1.807) is 24.3 Å². The Morgan fingerprint density at radius 2 is 1.95 bits per heavy atom. The molecule has 0 fully saturated rings. The maximum Gasteiger partial charge on any atom is 0.337 e. The maximum absolute atomic E-state index is 11.2. The van der Waals surface area contributed by atoms with Gasteiger partial charge in [-0.1, -0.05) is 13.8 Å². The van der Waals surface area contributed by atoms with Crippen LogP contribution < -0.4 is 10.1 Å². The summed E-state index contributed by atoms with van der Waals surface area (Å²) in [7, 11) is 1.34. The summed E-state index contributed by atoms with van der Waals surface area (Å²) in [6.07, 6.45) is -0.567. The second-order valence-corrected chi connectivity index (χ2v) is 4.54. The van der Waals surface area contributed by atoms with Gasteiger partial charge in [0.25, 0.3) is 0 Å². The summed E-state index contributed by atoms with van der Waals surface area (Å²) in [5.41, 5.74) is 0.469. The predicted octanol–water partition coefficient (Wildman–Crippen LogP) is 1.21. The van der Waals surface area contributed by atoms with Crippen LogP contribution in [0.5, 0.6) is 5.75 Å². The summed E-state index contributed by atoms with van der Waals surface area (Å²) in [4.78, 5) is 11.2. The van der Waals surface area contributed by atoms with Gasteiger partial charge in [-0.3, -0.25) is 0 Å². The van der Waals surface area contributed by atoms with Crippen LogP contribution in [0.2, 0.25) is 0 Å². The number of nitrogens with one attached hydrogen (secondary N) is 1. The fourth-order valence-electron chi connectivity index (χ4n) is 1.43. The Balaban J connectivity index is 2.39. The highest BCUT2D eigenvalue weighted by Gasteiger charge is 2.07. The average Bonchev–Trinajstić information content (AvgIpc) is 2.42. The molecule has 1 atom stereocenters. The first-order chi connectivity index (χ1) is 9.02. The topological polar surface area (TPSA) is 67.8 Å². The summed E-state index contributed by atoms with van der Waals surface area (Å²) < 4.78 is 10.0. The van der Waals surface area contributed by atoms with E-state index in [0.29, 0.717) is 23.9 Å². The number of hydrogen-bond acceptors (Lipinski definition) is 5. The number of aliphatic hydroxyl groups is 1. The lowest BCUT2D eigenvalue weighted by molar-refractivity contribution is 0.0600. The molecule has 2 N–H and O–H groups in total. The minimum absolute atomic E-state index is 0.206. The first-order valence-electron chi connectivity index (χ1n) is 6.25. The van der Waals surface area contributed by atoms with Crippen LogP contribution >= 0.6 is 0 Å². The second kappa shape index (κ2) is 7.76. The number of esters is 1. The van der Waals surface area contributed by atoms with Crippen molar-refractivity contribution in [3.05, 3.63) is 29.8 Å². The van der Waals surface area contributed by atoms with E-state index in [1.807, 2.05) is 13.8 Å². The van der Waals surface area contributed by atoms with Gasteiger partial charge >= 0.3 is 5.97 Å². The monoisotopic (exact) mass is 267 g/mol. The zero-order valence-corrected chi connectivity index (χ0v) is 11.6. The normalized spacial score (nSPS) is 12.3. The summed E-state index contributed by atoms with van der Waals surface area (Å²) in [6, 6.07) is 6.93. The van der Waals surface area contributed by atoms with E-state index in [1.165, 1.54) is 7.11 Å². The molecule has 5 nitrogen and oxygen atoms in total. The highest BCUT2D eigenvalue weighted by molar-refractivity contribution is 5.89. The van der Waals surface area contributed by atoms with E-state index in [9.17, 15) is 9.90 Å². The highest BCUT2D eigenvalue weighted by Crippen LogP contribution is 2.13. The zero-order valence-electron chi connectivity index (χ0n) is 11.6. The van der Waals surface area contributed by atoms with Gasteiger partial charge in [-0.2, -0.15) is 0 Å². The molecule has 0 aliphatic carbocycles. The Hall–Kier alpha value is -1.59. The summed E-state index contributed by atoms with van der Waals surface area (Å²) in [5.74, 6) is 0.226. The Kier molecular flexibility index (Phi) is 6.32. The molecule has 0 aromatic heterocycles. The van der Waals surface area contributed by atoms with Crippen LogP contribution in [0.3, 0.4) is 0 Å². The Labute approximate surface area is 113 Å². The van der Waals surface area contributed by atoms with Crippen molar-refractivity contribution in [2.45, 2.75) is 26.0 Å². The van der Waals surface area contributed by atoms with Gasteiger partial charge in [0.1, 0.15) is 18.5 Å². The van der Waals surface area contributed by atoms with Crippen LogP contribution in [-0.4, -0.2) is 43.5 Å². The smallest absolute Gasteiger partial charge is 0.337 e. The Morgan fingerprint density at radius 3 is 2.47 bits per heavy atom. The van der Waals surface area contributed by atoms with E-state index in [4.69, 9.17) is 4.74 Å². The molecule has 1 aromatic rings. The fourth-order valence-corrected chi connectivity index (χ4v) is 1.43. The van der Waals surface area contributed by atoms with Gasteiger partial charge in [0.15, 0.2) is 0 Å². The molecule has 0 amide bonds. The van der Waals surface area contributed by atoms with E-state index in [0.717, 1.165) is 0 Å². The number of hydrogen-bond donors (Lipinski definition) is 2. The van der Waals surface area contributed by atoms with Gasteiger partial charge in [-0.15, -0.1) is 0 Å². The zero-order chi connectivity index (χ0) is 14.3. The predicted molar refractivity (Wildman–Crippen MR) is 72.4 cm³/mol. The average molecular weight is 267 g/mol. The van der Waals surface area contributed by atoms with Crippen molar-refractivity contribution in [3.63, 3.8) is 0 Å². The van der Waals surface area contributed by atoms with E-state index in [-0.39, 0.29) is 12.6 Å². The molecular weight excluding hydrogens is 246 g/mol. The lowest BCUT2D eigenvalue weighted by Gasteiger charge is -2.15. The van der Waals surface area contributed by atoms with Gasteiger partial charge in [0.2, 0.25) is 0 Å². The van der Waals surface area contributed by atoms with Crippen molar-refractivity contribution >= 4 is 5.97 Å². The molecule has 0 heterocycles. The quantitative estimate of drug-likeness (QED) is 0.727. The SMILES string of the molecule is COC(=O)c1ccc(OCC(O)CNC(C)C)cc1. The third kappa shape index (κ3) is 5.72. The molecule has 5 heteroatoms. The number of aliphatic hydroxyl groups excluding tert-OH is 1. The van der Waals surface area contributed by atoms with Crippen molar-refractivity contribution in [1.82, 2.24) is 5.32 Å². The van der Waals surface area contributed by atoms with E-state index < -0.39 is 6.10 Å². The molecule has 106 valence electrons. The van der Waals surface area contributed by atoms with Crippen molar-refractivity contribution in [1.29, 1.82) is 0 Å².